The molecule has 80 valence electrons. The molecule has 0 saturated carbocycles. The summed E-state index contributed by atoms with van der Waals surface area (Å²) >= 11 is 0. The third-order valence-electron chi connectivity index (χ3n) is 1.67. The Morgan fingerprint density at radius 3 is 2.73 bits per heavy atom. The summed E-state index contributed by atoms with van der Waals surface area (Å²) < 4.78 is 25.2. The highest BCUT2D eigenvalue weighted by molar-refractivity contribution is 7.89. The molecule has 0 radical (unpaired) electrons. The van der Waals surface area contributed by atoms with Crippen molar-refractivity contribution >= 4 is 15.7 Å². The zero-order chi connectivity index (χ0) is 11.5. The van der Waals surface area contributed by atoms with E-state index in [-0.39, 0.29) is 22.9 Å². The number of hydrogen-bond acceptors (Lipinski definition) is 4. The van der Waals surface area contributed by atoms with Crippen molar-refractivity contribution in [2.75, 3.05) is 12.3 Å². The molecule has 0 aliphatic rings. The van der Waals surface area contributed by atoms with Gasteiger partial charge in [0, 0.05) is 0 Å². The van der Waals surface area contributed by atoms with Crippen molar-refractivity contribution in [1.29, 1.82) is 0 Å². The van der Waals surface area contributed by atoms with Crippen molar-refractivity contribution in [1.82, 2.24) is 4.72 Å². The predicted octanol–water partition coefficient (Wildman–Crippen LogP) is -0.114. The molecular formula is C9H10N2O3S. The first-order valence-electron chi connectivity index (χ1n) is 3.99. The van der Waals surface area contributed by atoms with Crippen LogP contribution in [0.15, 0.2) is 23.1 Å². The van der Waals surface area contributed by atoms with Crippen molar-refractivity contribution in [3.8, 4) is 18.1 Å². The summed E-state index contributed by atoms with van der Waals surface area (Å²) in [7, 11) is -3.65. The lowest BCUT2D eigenvalue weighted by Crippen LogP contribution is -2.23. The Labute approximate surface area is 88.0 Å². The van der Waals surface area contributed by atoms with E-state index in [1.807, 2.05) is 0 Å². The van der Waals surface area contributed by atoms with Gasteiger partial charge in [0.15, 0.2) is 0 Å². The number of nitrogens with one attached hydrogen (secondary N) is 1. The van der Waals surface area contributed by atoms with E-state index in [9.17, 15) is 8.42 Å². The van der Waals surface area contributed by atoms with Crippen molar-refractivity contribution in [2.24, 2.45) is 0 Å². The van der Waals surface area contributed by atoms with Gasteiger partial charge in [-0.25, -0.2) is 8.42 Å². The third kappa shape index (κ3) is 2.62. The van der Waals surface area contributed by atoms with Gasteiger partial charge in [0.05, 0.1) is 17.1 Å². The van der Waals surface area contributed by atoms with Crippen LogP contribution in [0.1, 0.15) is 0 Å². The van der Waals surface area contributed by atoms with Crippen LogP contribution in [0, 0.1) is 12.3 Å². The smallest absolute Gasteiger partial charge is 0.241 e. The van der Waals surface area contributed by atoms with E-state index in [0.29, 0.717) is 0 Å². The van der Waals surface area contributed by atoms with E-state index >= 15 is 0 Å². The molecule has 6 heteroatoms. The summed E-state index contributed by atoms with van der Waals surface area (Å²) in [5.41, 5.74) is 5.36. The number of aromatic hydroxyl groups is 1. The van der Waals surface area contributed by atoms with E-state index in [2.05, 4.69) is 10.6 Å². The summed E-state index contributed by atoms with van der Waals surface area (Å²) in [5, 5.41) is 9.11. The monoisotopic (exact) mass is 226 g/mol. The van der Waals surface area contributed by atoms with Crippen molar-refractivity contribution in [2.45, 2.75) is 4.90 Å². The molecule has 1 rings (SSSR count). The minimum atomic E-state index is -3.65. The molecule has 4 N–H and O–H groups in total. The molecule has 0 aliphatic carbocycles. The van der Waals surface area contributed by atoms with E-state index in [1.165, 1.54) is 12.1 Å². The first kappa shape index (κ1) is 11.4. The Kier molecular flexibility index (Phi) is 3.19. The fraction of sp³-hybridized carbons (Fsp3) is 0.111. The highest BCUT2D eigenvalue weighted by atomic mass is 32.2. The average Bonchev–Trinajstić information content (AvgIpc) is 2.19. The number of hydrogen-bond donors (Lipinski definition) is 3. The largest absolute Gasteiger partial charge is 0.506 e. The molecule has 0 aromatic heterocycles. The molecule has 0 unspecified atom stereocenters. The van der Waals surface area contributed by atoms with E-state index in [4.69, 9.17) is 17.3 Å². The number of terminal acetylenes is 1. The Bertz CT molecular complexity index is 503. The zero-order valence-electron chi connectivity index (χ0n) is 7.77. The minimum absolute atomic E-state index is 0.00131. The van der Waals surface area contributed by atoms with Gasteiger partial charge in [0.2, 0.25) is 10.0 Å². The van der Waals surface area contributed by atoms with Gasteiger partial charge < -0.3 is 10.8 Å². The summed E-state index contributed by atoms with van der Waals surface area (Å²) in [6.45, 7) is -0.0941. The summed E-state index contributed by atoms with van der Waals surface area (Å²) in [6, 6.07) is 3.61. The topological polar surface area (TPSA) is 92.4 Å². The molecule has 0 saturated heterocycles. The first-order valence-corrected chi connectivity index (χ1v) is 5.47. The molecule has 15 heavy (non-hydrogen) atoms. The molecule has 0 fully saturated rings. The van der Waals surface area contributed by atoms with Crippen LogP contribution in [0.3, 0.4) is 0 Å². The maximum Gasteiger partial charge on any atom is 0.241 e. The number of benzene rings is 1. The quantitative estimate of drug-likeness (QED) is 0.381. The van der Waals surface area contributed by atoms with Crippen LogP contribution in [0.4, 0.5) is 5.69 Å². The number of nitrogen functional groups attached to an aromatic ring is 1. The standard InChI is InChI=1S/C9H10N2O3S/c1-2-5-11-15(13,14)7-3-4-9(12)8(10)6-7/h1,3-4,6,11-12H,5,10H2. The highest BCUT2D eigenvalue weighted by Crippen LogP contribution is 2.22. The van der Waals surface area contributed by atoms with Gasteiger partial charge in [-0.1, -0.05) is 5.92 Å². The fourth-order valence-corrected chi connectivity index (χ4v) is 1.89. The second-order valence-electron chi connectivity index (χ2n) is 2.75. The molecular weight excluding hydrogens is 216 g/mol. The van der Waals surface area contributed by atoms with Crippen molar-refractivity contribution in [3.05, 3.63) is 18.2 Å². The predicted molar refractivity (Wildman–Crippen MR) is 56.5 cm³/mol. The van der Waals surface area contributed by atoms with Crippen LogP contribution in [0.2, 0.25) is 0 Å². The van der Waals surface area contributed by atoms with Gasteiger partial charge in [0.1, 0.15) is 5.75 Å². The second kappa shape index (κ2) is 4.21. The zero-order valence-corrected chi connectivity index (χ0v) is 8.58. The number of rotatable bonds is 3. The lowest BCUT2D eigenvalue weighted by atomic mass is 10.3. The summed E-state index contributed by atoms with van der Waals surface area (Å²) in [4.78, 5) is -0.0342. The van der Waals surface area contributed by atoms with Crippen LogP contribution >= 0.6 is 0 Å². The van der Waals surface area contributed by atoms with Crippen LogP contribution in [-0.2, 0) is 10.0 Å². The lowest BCUT2D eigenvalue weighted by molar-refractivity contribution is 0.477. The first-order chi connectivity index (χ1) is 6.97. The number of phenolic OH excluding ortho intramolecular Hbond substituents is 1. The Hall–Kier alpha value is -1.71. The highest BCUT2D eigenvalue weighted by Gasteiger charge is 2.13. The van der Waals surface area contributed by atoms with Crippen molar-refractivity contribution < 1.29 is 13.5 Å². The fourth-order valence-electron chi connectivity index (χ4n) is 0.920. The van der Waals surface area contributed by atoms with Gasteiger partial charge in [-0.3, -0.25) is 0 Å². The van der Waals surface area contributed by atoms with Gasteiger partial charge in [-0.05, 0) is 18.2 Å². The van der Waals surface area contributed by atoms with Gasteiger partial charge in [-0.2, -0.15) is 4.72 Å². The van der Waals surface area contributed by atoms with Crippen LogP contribution < -0.4 is 10.5 Å². The number of nitrogens with two attached hydrogens (primary N) is 1. The van der Waals surface area contributed by atoms with E-state index in [0.717, 1.165) is 6.07 Å². The van der Waals surface area contributed by atoms with Crippen LogP contribution in [0.25, 0.3) is 0 Å². The normalized spacial score (nSPS) is 10.9. The summed E-state index contributed by atoms with van der Waals surface area (Å²) in [6.07, 6.45) is 4.93. The Morgan fingerprint density at radius 2 is 2.20 bits per heavy atom. The van der Waals surface area contributed by atoms with Gasteiger partial charge in [-0.15, -0.1) is 6.42 Å². The van der Waals surface area contributed by atoms with Gasteiger partial charge >= 0.3 is 0 Å². The molecule has 0 aliphatic heterocycles. The molecule has 0 atom stereocenters. The molecule has 1 aromatic carbocycles. The van der Waals surface area contributed by atoms with E-state index in [1.54, 1.807) is 0 Å². The molecule has 5 nitrogen and oxygen atoms in total. The van der Waals surface area contributed by atoms with Gasteiger partial charge in [0.25, 0.3) is 0 Å². The molecule has 0 bridgehead atoms. The maximum absolute atomic E-state index is 11.5. The van der Waals surface area contributed by atoms with Crippen LogP contribution in [-0.4, -0.2) is 20.1 Å². The number of sulfonamides is 1. The number of anilines is 1. The SMILES string of the molecule is C#CCNS(=O)(=O)c1ccc(O)c(N)c1. The third-order valence-corrected chi connectivity index (χ3v) is 3.07. The minimum Gasteiger partial charge on any atom is -0.506 e. The average molecular weight is 226 g/mol. The Morgan fingerprint density at radius 1 is 1.53 bits per heavy atom. The molecule has 0 spiro atoms. The number of phenols is 1. The summed E-state index contributed by atoms with van der Waals surface area (Å²) in [5.74, 6) is 1.99. The molecule has 0 heterocycles. The maximum atomic E-state index is 11.5. The molecule has 1 aromatic rings. The molecule has 0 amide bonds. The van der Waals surface area contributed by atoms with Crippen molar-refractivity contribution in [3.63, 3.8) is 0 Å². The second-order valence-corrected chi connectivity index (χ2v) is 4.52. The van der Waals surface area contributed by atoms with E-state index < -0.39 is 10.0 Å². The lowest BCUT2D eigenvalue weighted by Gasteiger charge is -2.05. The van der Waals surface area contributed by atoms with Crippen LogP contribution in [0.5, 0.6) is 5.75 Å². The Balaban J connectivity index is 3.07.